The molecule has 1 aromatic rings. The van der Waals surface area contributed by atoms with Crippen LogP contribution in [0.15, 0.2) is 24.3 Å². The molecule has 142 valence electrons. The molecule has 25 heavy (non-hydrogen) atoms. The fourth-order valence-corrected chi connectivity index (χ4v) is 2.86. The molecule has 1 unspecified atom stereocenters. The molecule has 0 spiro atoms. The fraction of sp³-hybridized carbons (Fsp3) is 0.700. The van der Waals surface area contributed by atoms with E-state index >= 15 is 0 Å². The van der Waals surface area contributed by atoms with Gasteiger partial charge >= 0.3 is 0 Å². The summed E-state index contributed by atoms with van der Waals surface area (Å²) >= 11 is 0. The van der Waals surface area contributed by atoms with Crippen molar-refractivity contribution >= 4 is 0 Å². The number of rotatable bonds is 11. The molecular weight excluding hydrogens is 318 g/mol. The van der Waals surface area contributed by atoms with Gasteiger partial charge in [-0.1, -0.05) is 33.1 Å². The van der Waals surface area contributed by atoms with Gasteiger partial charge < -0.3 is 24.6 Å². The Balaban J connectivity index is 1.59. The SMILES string of the molecule is CC(C)NCC(O)COc1ccc(OCCOC2CCCCC2)cc1. The van der Waals surface area contributed by atoms with E-state index < -0.39 is 6.10 Å². The maximum absolute atomic E-state index is 9.84. The van der Waals surface area contributed by atoms with E-state index in [2.05, 4.69) is 5.32 Å². The number of nitrogens with one attached hydrogen (secondary N) is 1. The summed E-state index contributed by atoms with van der Waals surface area (Å²) in [5.41, 5.74) is 0. The van der Waals surface area contributed by atoms with Gasteiger partial charge in [-0.25, -0.2) is 0 Å². The minimum Gasteiger partial charge on any atom is -0.491 e. The van der Waals surface area contributed by atoms with Crippen molar-refractivity contribution in [1.29, 1.82) is 0 Å². The zero-order valence-electron chi connectivity index (χ0n) is 15.6. The summed E-state index contributed by atoms with van der Waals surface area (Å²) in [4.78, 5) is 0. The van der Waals surface area contributed by atoms with E-state index in [9.17, 15) is 5.11 Å². The van der Waals surface area contributed by atoms with Crippen molar-refractivity contribution in [2.45, 2.75) is 64.2 Å². The quantitative estimate of drug-likeness (QED) is 0.600. The second-order valence-corrected chi connectivity index (χ2v) is 6.98. The number of hydrogen-bond donors (Lipinski definition) is 2. The largest absolute Gasteiger partial charge is 0.491 e. The minimum absolute atomic E-state index is 0.273. The third kappa shape index (κ3) is 8.56. The first-order chi connectivity index (χ1) is 12.1. The lowest BCUT2D eigenvalue weighted by molar-refractivity contribution is 0.0129. The zero-order valence-corrected chi connectivity index (χ0v) is 15.6. The smallest absolute Gasteiger partial charge is 0.119 e. The van der Waals surface area contributed by atoms with E-state index in [0.717, 1.165) is 11.5 Å². The van der Waals surface area contributed by atoms with Crippen molar-refractivity contribution in [3.8, 4) is 11.5 Å². The standard InChI is InChI=1S/C20H33NO4/c1-16(2)21-14-17(22)15-25-20-10-8-19(9-11-20)24-13-12-23-18-6-4-3-5-7-18/h8-11,16-18,21-22H,3-7,12-15H2,1-2H3. The van der Waals surface area contributed by atoms with Gasteiger partial charge in [0.05, 0.1) is 12.7 Å². The first-order valence-corrected chi connectivity index (χ1v) is 9.52. The molecule has 5 heteroatoms. The highest BCUT2D eigenvalue weighted by Crippen LogP contribution is 2.20. The molecule has 2 rings (SSSR count). The van der Waals surface area contributed by atoms with Crippen LogP contribution in [0.1, 0.15) is 46.0 Å². The number of benzene rings is 1. The first-order valence-electron chi connectivity index (χ1n) is 9.52. The van der Waals surface area contributed by atoms with Crippen LogP contribution in [0.4, 0.5) is 0 Å². The molecule has 0 heterocycles. The van der Waals surface area contributed by atoms with E-state index in [1.54, 1.807) is 0 Å². The molecule has 0 bridgehead atoms. The summed E-state index contributed by atoms with van der Waals surface area (Å²) < 4.78 is 17.1. The average molecular weight is 351 g/mol. The van der Waals surface area contributed by atoms with Crippen molar-refractivity contribution < 1.29 is 19.3 Å². The summed E-state index contributed by atoms with van der Waals surface area (Å²) in [6.07, 6.45) is 6.19. The zero-order chi connectivity index (χ0) is 17.9. The third-order valence-corrected chi connectivity index (χ3v) is 4.29. The van der Waals surface area contributed by atoms with Crippen molar-refractivity contribution in [3.63, 3.8) is 0 Å². The lowest BCUT2D eigenvalue weighted by atomic mass is 9.98. The van der Waals surface area contributed by atoms with Gasteiger partial charge in [0.1, 0.15) is 30.8 Å². The Morgan fingerprint density at radius 3 is 2.28 bits per heavy atom. The minimum atomic E-state index is -0.518. The predicted molar refractivity (Wildman–Crippen MR) is 99.4 cm³/mol. The number of ether oxygens (including phenoxy) is 3. The summed E-state index contributed by atoms with van der Waals surface area (Å²) in [6, 6.07) is 7.84. The molecule has 2 N–H and O–H groups in total. The molecule has 5 nitrogen and oxygen atoms in total. The van der Waals surface area contributed by atoms with E-state index in [1.807, 2.05) is 38.1 Å². The Bertz CT molecular complexity index is 457. The average Bonchev–Trinajstić information content (AvgIpc) is 2.63. The number of aliphatic hydroxyl groups excluding tert-OH is 1. The van der Waals surface area contributed by atoms with E-state index in [-0.39, 0.29) is 6.61 Å². The summed E-state index contributed by atoms with van der Waals surface area (Å²) in [6.45, 7) is 6.10. The van der Waals surface area contributed by atoms with Gasteiger partial charge in [-0.2, -0.15) is 0 Å². The van der Waals surface area contributed by atoms with Crippen LogP contribution in [-0.4, -0.2) is 49.7 Å². The third-order valence-electron chi connectivity index (χ3n) is 4.29. The number of hydrogen-bond acceptors (Lipinski definition) is 5. The molecule has 1 atom stereocenters. The van der Waals surface area contributed by atoms with Crippen molar-refractivity contribution in [1.82, 2.24) is 5.32 Å². The van der Waals surface area contributed by atoms with Gasteiger partial charge in [0, 0.05) is 12.6 Å². The normalized spacial score (nSPS) is 16.8. The lowest BCUT2D eigenvalue weighted by Crippen LogP contribution is -2.35. The maximum Gasteiger partial charge on any atom is 0.119 e. The van der Waals surface area contributed by atoms with Gasteiger partial charge in [-0.3, -0.25) is 0 Å². The molecule has 1 aliphatic carbocycles. The summed E-state index contributed by atoms with van der Waals surface area (Å²) in [7, 11) is 0. The lowest BCUT2D eigenvalue weighted by Gasteiger charge is -2.21. The van der Waals surface area contributed by atoms with E-state index in [0.29, 0.717) is 31.9 Å². The van der Waals surface area contributed by atoms with Crippen molar-refractivity contribution in [3.05, 3.63) is 24.3 Å². The Morgan fingerprint density at radius 2 is 1.64 bits per heavy atom. The van der Waals surface area contributed by atoms with Crippen LogP contribution in [0, 0.1) is 0 Å². The molecule has 0 amide bonds. The molecular formula is C20H33NO4. The van der Waals surface area contributed by atoms with Gasteiger partial charge in [0.15, 0.2) is 0 Å². The van der Waals surface area contributed by atoms with Crippen LogP contribution in [0.3, 0.4) is 0 Å². The second kappa shape index (κ2) is 11.3. The first kappa shape index (κ1) is 20.0. The van der Waals surface area contributed by atoms with Crippen LogP contribution in [0.25, 0.3) is 0 Å². The summed E-state index contributed by atoms with van der Waals surface area (Å²) in [5.74, 6) is 1.54. The van der Waals surface area contributed by atoms with Crippen LogP contribution in [0.5, 0.6) is 11.5 Å². The van der Waals surface area contributed by atoms with Gasteiger partial charge in [-0.05, 0) is 37.1 Å². The Labute approximate surface area is 151 Å². The molecule has 1 aromatic carbocycles. The topological polar surface area (TPSA) is 60.0 Å². The van der Waals surface area contributed by atoms with Crippen LogP contribution >= 0.6 is 0 Å². The van der Waals surface area contributed by atoms with Crippen molar-refractivity contribution in [2.75, 3.05) is 26.4 Å². The predicted octanol–water partition coefficient (Wildman–Crippen LogP) is 3.15. The monoisotopic (exact) mass is 351 g/mol. The van der Waals surface area contributed by atoms with E-state index in [1.165, 1.54) is 32.1 Å². The van der Waals surface area contributed by atoms with Crippen LogP contribution in [0.2, 0.25) is 0 Å². The molecule has 0 aliphatic heterocycles. The van der Waals surface area contributed by atoms with Crippen LogP contribution in [-0.2, 0) is 4.74 Å². The molecule has 1 aliphatic rings. The van der Waals surface area contributed by atoms with Crippen LogP contribution < -0.4 is 14.8 Å². The fourth-order valence-electron chi connectivity index (χ4n) is 2.86. The van der Waals surface area contributed by atoms with Gasteiger partial charge in [0.25, 0.3) is 0 Å². The maximum atomic E-state index is 9.84. The molecule has 1 fully saturated rings. The van der Waals surface area contributed by atoms with E-state index in [4.69, 9.17) is 14.2 Å². The Kier molecular flexibility index (Phi) is 9.08. The highest BCUT2D eigenvalue weighted by molar-refractivity contribution is 5.31. The van der Waals surface area contributed by atoms with Gasteiger partial charge in [0.2, 0.25) is 0 Å². The molecule has 1 saturated carbocycles. The molecule has 0 aromatic heterocycles. The molecule has 0 radical (unpaired) electrons. The Morgan fingerprint density at radius 1 is 1.00 bits per heavy atom. The second-order valence-electron chi connectivity index (χ2n) is 6.98. The highest BCUT2D eigenvalue weighted by Gasteiger charge is 2.13. The number of aliphatic hydroxyl groups is 1. The molecule has 0 saturated heterocycles. The summed E-state index contributed by atoms with van der Waals surface area (Å²) in [5, 5.41) is 13.0. The van der Waals surface area contributed by atoms with Gasteiger partial charge in [-0.15, -0.1) is 0 Å². The highest BCUT2D eigenvalue weighted by atomic mass is 16.5. The Hall–Kier alpha value is -1.30. The van der Waals surface area contributed by atoms with Crippen molar-refractivity contribution in [2.24, 2.45) is 0 Å².